The van der Waals surface area contributed by atoms with Gasteiger partial charge in [-0.25, -0.2) is 0 Å². The molecule has 2 nitrogen and oxygen atoms in total. The van der Waals surface area contributed by atoms with Gasteiger partial charge < -0.3 is 9.47 Å². The quantitative estimate of drug-likeness (QED) is 0.0753. The molecule has 0 rings (SSSR count). The zero-order valence-corrected chi connectivity index (χ0v) is 26.7. The molecule has 0 aromatic carbocycles. The maximum atomic E-state index is 5.82. The van der Waals surface area contributed by atoms with Crippen LogP contribution in [0.3, 0.4) is 0 Å². The van der Waals surface area contributed by atoms with E-state index in [1.807, 2.05) is 0 Å². The summed E-state index contributed by atoms with van der Waals surface area (Å²) < 4.78 is 11.6. The van der Waals surface area contributed by atoms with E-state index in [2.05, 4.69) is 25.6 Å². The van der Waals surface area contributed by atoms with Crippen LogP contribution in [0.25, 0.3) is 0 Å². The van der Waals surface area contributed by atoms with Crippen molar-refractivity contribution < 1.29 is 9.47 Å². The van der Waals surface area contributed by atoms with Crippen LogP contribution in [0.5, 0.6) is 0 Å². The molecule has 0 atom stereocenters. The highest BCUT2D eigenvalue weighted by Crippen LogP contribution is 2.13. The van der Waals surface area contributed by atoms with Crippen LogP contribution in [0.15, 0.2) is 0 Å². The number of thioether (sulfide) groups is 1. The molecule has 0 radical (unpaired) electrons. The summed E-state index contributed by atoms with van der Waals surface area (Å²) in [6, 6.07) is 0. The number of hydrogen-bond acceptors (Lipinski definition) is 3. The minimum absolute atomic E-state index is 0.945. The molecule has 0 fully saturated rings. The Morgan fingerprint density at radius 1 is 0.297 bits per heavy atom. The molecule has 0 spiro atoms. The van der Waals surface area contributed by atoms with Gasteiger partial charge in [-0.2, -0.15) is 11.8 Å². The predicted octanol–water partition coefficient (Wildman–Crippen LogP) is 11.9. The molecular formula is C34H70O2S. The Bertz CT molecular complexity index is 343. The number of hydrogen-bond donors (Lipinski definition) is 0. The monoisotopic (exact) mass is 543 g/mol. The summed E-state index contributed by atoms with van der Waals surface area (Å²) >= 11 is 2.07. The third-order valence-corrected chi connectivity index (χ3v) is 8.59. The number of unbranched alkanes of at least 4 members (excludes halogenated alkanes) is 22. The van der Waals surface area contributed by atoms with Crippen LogP contribution in [0, 0.1) is 0 Å². The predicted molar refractivity (Wildman–Crippen MR) is 170 cm³/mol. The summed E-state index contributed by atoms with van der Waals surface area (Å²) in [6.07, 6.45) is 36.2. The molecule has 0 aliphatic carbocycles. The van der Waals surface area contributed by atoms with Crippen molar-refractivity contribution >= 4 is 11.8 Å². The van der Waals surface area contributed by atoms with Crippen molar-refractivity contribution in [1.29, 1.82) is 0 Å². The smallest absolute Gasteiger partial charge is 0.0473 e. The first-order chi connectivity index (χ1) is 18.4. The van der Waals surface area contributed by atoms with E-state index in [1.165, 1.54) is 178 Å². The van der Waals surface area contributed by atoms with E-state index >= 15 is 0 Å². The lowest BCUT2D eigenvalue weighted by molar-refractivity contribution is 0.130. The molecule has 0 bridgehead atoms. The molecule has 0 aliphatic heterocycles. The molecular weight excluding hydrogens is 472 g/mol. The Labute approximate surface area is 239 Å². The number of ether oxygens (including phenoxy) is 2. The van der Waals surface area contributed by atoms with Crippen molar-refractivity contribution in [2.24, 2.45) is 0 Å². The van der Waals surface area contributed by atoms with E-state index in [4.69, 9.17) is 9.47 Å². The maximum Gasteiger partial charge on any atom is 0.0473 e. The Morgan fingerprint density at radius 3 is 0.838 bits per heavy atom. The molecule has 0 saturated heterocycles. The van der Waals surface area contributed by atoms with Crippen LogP contribution >= 0.6 is 11.8 Å². The molecule has 0 unspecified atom stereocenters. The highest BCUT2D eigenvalue weighted by Gasteiger charge is 1.97. The zero-order valence-electron chi connectivity index (χ0n) is 25.9. The van der Waals surface area contributed by atoms with Crippen molar-refractivity contribution in [3.63, 3.8) is 0 Å². The zero-order chi connectivity index (χ0) is 26.7. The van der Waals surface area contributed by atoms with Gasteiger partial charge in [0, 0.05) is 26.4 Å². The summed E-state index contributed by atoms with van der Waals surface area (Å²) in [5, 5.41) is 0. The van der Waals surface area contributed by atoms with Crippen molar-refractivity contribution in [2.45, 2.75) is 181 Å². The van der Waals surface area contributed by atoms with Gasteiger partial charge in [-0.15, -0.1) is 0 Å². The standard InChI is InChI=1S/C34H70O2S/c1-3-5-7-9-11-13-15-17-19-21-23-25-29-35-31-27-33-37-34-28-32-36-30-26-24-22-20-18-16-14-12-10-8-6-4-2/h3-34H2,1-2H3. The summed E-state index contributed by atoms with van der Waals surface area (Å²) in [5.41, 5.74) is 0. The molecule has 37 heavy (non-hydrogen) atoms. The molecule has 0 aliphatic rings. The van der Waals surface area contributed by atoms with Gasteiger partial charge in [-0.3, -0.25) is 0 Å². The van der Waals surface area contributed by atoms with Crippen LogP contribution in [0.4, 0.5) is 0 Å². The fourth-order valence-corrected chi connectivity index (χ4v) is 5.77. The second kappa shape index (κ2) is 36.3. The van der Waals surface area contributed by atoms with Gasteiger partial charge >= 0.3 is 0 Å². The molecule has 3 heteroatoms. The molecule has 0 saturated carbocycles. The minimum Gasteiger partial charge on any atom is -0.381 e. The van der Waals surface area contributed by atoms with E-state index < -0.39 is 0 Å². The van der Waals surface area contributed by atoms with E-state index in [0.29, 0.717) is 0 Å². The van der Waals surface area contributed by atoms with Crippen LogP contribution < -0.4 is 0 Å². The Kier molecular flexibility index (Phi) is 36.5. The van der Waals surface area contributed by atoms with Gasteiger partial charge in [-0.1, -0.05) is 155 Å². The van der Waals surface area contributed by atoms with Crippen molar-refractivity contribution in [3.05, 3.63) is 0 Å². The maximum absolute atomic E-state index is 5.82. The largest absolute Gasteiger partial charge is 0.381 e. The third kappa shape index (κ3) is 36.3. The van der Waals surface area contributed by atoms with E-state index in [-0.39, 0.29) is 0 Å². The van der Waals surface area contributed by atoms with Crippen LogP contribution in [0.1, 0.15) is 181 Å². The van der Waals surface area contributed by atoms with Gasteiger partial charge in [0.15, 0.2) is 0 Å². The average Bonchev–Trinajstić information content (AvgIpc) is 2.91. The Morgan fingerprint density at radius 2 is 0.541 bits per heavy atom. The second-order valence-corrected chi connectivity index (χ2v) is 12.5. The molecule has 0 aromatic rings. The fourth-order valence-electron chi connectivity index (χ4n) is 4.92. The van der Waals surface area contributed by atoms with Gasteiger partial charge in [0.25, 0.3) is 0 Å². The molecule has 0 aromatic heterocycles. The minimum atomic E-state index is 0.945. The molecule has 0 N–H and O–H groups in total. The van der Waals surface area contributed by atoms with Crippen LogP contribution in [0.2, 0.25) is 0 Å². The number of rotatable bonds is 34. The van der Waals surface area contributed by atoms with E-state index in [9.17, 15) is 0 Å². The lowest BCUT2D eigenvalue weighted by Crippen LogP contribution is -2.00. The molecule has 0 amide bonds. The lowest BCUT2D eigenvalue weighted by atomic mass is 10.1. The first-order valence-corrected chi connectivity index (χ1v) is 18.3. The van der Waals surface area contributed by atoms with E-state index in [1.54, 1.807) is 0 Å². The summed E-state index contributed by atoms with van der Waals surface area (Å²) in [4.78, 5) is 0. The van der Waals surface area contributed by atoms with Crippen molar-refractivity contribution in [3.8, 4) is 0 Å². The van der Waals surface area contributed by atoms with Gasteiger partial charge in [-0.05, 0) is 37.2 Å². The Balaban J connectivity index is 3.00. The van der Waals surface area contributed by atoms with Gasteiger partial charge in [0.1, 0.15) is 0 Å². The second-order valence-electron chi connectivity index (χ2n) is 11.3. The van der Waals surface area contributed by atoms with Crippen LogP contribution in [-0.2, 0) is 9.47 Å². The van der Waals surface area contributed by atoms with Crippen LogP contribution in [-0.4, -0.2) is 37.9 Å². The first-order valence-electron chi connectivity index (χ1n) is 17.1. The summed E-state index contributed by atoms with van der Waals surface area (Å²) in [6.45, 7) is 8.41. The first kappa shape index (κ1) is 37.3. The fraction of sp³-hybridized carbons (Fsp3) is 1.00. The molecule has 224 valence electrons. The lowest BCUT2D eigenvalue weighted by Gasteiger charge is -2.06. The van der Waals surface area contributed by atoms with Gasteiger partial charge in [0.05, 0.1) is 0 Å². The normalized spacial score (nSPS) is 11.5. The topological polar surface area (TPSA) is 18.5 Å². The van der Waals surface area contributed by atoms with E-state index in [0.717, 1.165) is 26.4 Å². The third-order valence-electron chi connectivity index (χ3n) is 7.44. The molecule has 0 heterocycles. The highest BCUT2D eigenvalue weighted by molar-refractivity contribution is 7.99. The average molecular weight is 543 g/mol. The van der Waals surface area contributed by atoms with Crippen molar-refractivity contribution in [2.75, 3.05) is 37.9 Å². The summed E-state index contributed by atoms with van der Waals surface area (Å²) in [7, 11) is 0. The SMILES string of the molecule is CCCCCCCCCCCCCCOCCCSCCCOCCCCCCCCCCCCCC. The Hall–Kier alpha value is 0.270. The summed E-state index contributed by atoms with van der Waals surface area (Å²) in [5.74, 6) is 2.47. The van der Waals surface area contributed by atoms with Crippen molar-refractivity contribution in [1.82, 2.24) is 0 Å². The highest BCUT2D eigenvalue weighted by atomic mass is 32.2. The van der Waals surface area contributed by atoms with Gasteiger partial charge in [0.2, 0.25) is 0 Å².